The highest BCUT2D eigenvalue weighted by atomic mass is 16.3. The fourth-order valence-corrected chi connectivity index (χ4v) is 2.35. The van der Waals surface area contributed by atoms with Crippen LogP contribution in [0.25, 0.3) is 0 Å². The van der Waals surface area contributed by atoms with Gasteiger partial charge in [0, 0.05) is 17.7 Å². The van der Waals surface area contributed by atoms with Crippen LogP contribution in [0.4, 0.5) is 0 Å². The van der Waals surface area contributed by atoms with E-state index in [-0.39, 0.29) is 12.4 Å². The molecule has 0 radical (unpaired) electrons. The Labute approximate surface area is 124 Å². The molecule has 2 aromatic rings. The van der Waals surface area contributed by atoms with Crippen molar-refractivity contribution < 1.29 is 15.0 Å². The fourth-order valence-electron chi connectivity index (χ4n) is 2.35. The van der Waals surface area contributed by atoms with E-state index in [2.05, 4.69) is 0 Å². The standard InChI is InChI=1S/C18H20O3/c19-12-6-10-16(20)13-15-9-4-5-11-17(15)18(21)14-7-2-1-3-8-14/h1-5,7-9,11,16,19-20H,6,10,12-13H2. The second kappa shape index (κ2) is 7.72. The number of benzene rings is 2. The third-order valence-corrected chi connectivity index (χ3v) is 3.45. The maximum atomic E-state index is 12.5. The van der Waals surface area contributed by atoms with E-state index < -0.39 is 6.10 Å². The molecule has 0 aliphatic carbocycles. The molecule has 2 aromatic carbocycles. The van der Waals surface area contributed by atoms with Crippen LogP contribution < -0.4 is 0 Å². The number of aliphatic hydroxyl groups is 2. The first-order valence-corrected chi connectivity index (χ1v) is 7.19. The molecule has 0 saturated heterocycles. The van der Waals surface area contributed by atoms with Gasteiger partial charge in [-0.1, -0.05) is 54.6 Å². The van der Waals surface area contributed by atoms with Gasteiger partial charge in [0.25, 0.3) is 0 Å². The summed E-state index contributed by atoms with van der Waals surface area (Å²) >= 11 is 0. The second-order valence-corrected chi connectivity index (χ2v) is 5.08. The van der Waals surface area contributed by atoms with Gasteiger partial charge in [-0.3, -0.25) is 4.79 Å². The molecule has 0 saturated carbocycles. The van der Waals surface area contributed by atoms with Crippen molar-refractivity contribution in [1.29, 1.82) is 0 Å². The molecule has 1 atom stereocenters. The highest BCUT2D eigenvalue weighted by Gasteiger charge is 2.15. The van der Waals surface area contributed by atoms with Crippen LogP contribution in [-0.2, 0) is 6.42 Å². The third kappa shape index (κ3) is 4.25. The van der Waals surface area contributed by atoms with Crippen molar-refractivity contribution in [2.45, 2.75) is 25.4 Å². The van der Waals surface area contributed by atoms with Crippen LogP contribution in [0, 0.1) is 0 Å². The van der Waals surface area contributed by atoms with Gasteiger partial charge in [0.2, 0.25) is 0 Å². The molecule has 1 unspecified atom stereocenters. The van der Waals surface area contributed by atoms with Gasteiger partial charge in [0.15, 0.2) is 5.78 Å². The molecule has 2 N–H and O–H groups in total. The molecule has 2 rings (SSSR count). The van der Waals surface area contributed by atoms with Crippen LogP contribution in [0.5, 0.6) is 0 Å². The Bertz CT molecular complexity index is 578. The van der Waals surface area contributed by atoms with Crippen LogP contribution in [0.1, 0.15) is 34.3 Å². The quantitative estimate of drug-likeness (QED) is 0.768. The van der Waals surface area contributed by atoms with Crippen LogP contribution in [0.15, 0.2) is 54.6 Å². The van der Waals surface area contributed by atoms with E-state index in [1.165, 1.54) is 0 Å². The van der Waals surface area contributed by atoms with Crippen molar-refractivity contribution in [2.24, 2.45) is 0 Å². The molecular weight excluding hydrogens is 264 g/mol. The number of hydrogen-bond donors (Lipinski definition) is 2. The van der Waals surface area contributed by atoms with Crippen molar-refractivity contribution in [2.75, 3.05) is 6.61 Å². The smallest absolute Gasteiger partial charge is 0.193 e. The Hall–Kier alpha value is -1.97. The minimum absolute atomic E-state index is 0.0273. The lowest BCUT2D eigenvalue weighted by Crippen LogP contribution is -2.14. The topological polar surface area (TPSA) is 57.5 Å². The molecule has 110 valence electrons. The minimum atomic E-state index is -0.540. The maximum absolute atomic E-state index is 12.5. The van der Waals surface area contributed by atoms with Gasteiger partial charge < -0.3 is 10.2 Å². The molecule has 3 nitrogen and oxygen atoms in total. The number of carbonyl (C=O) groups is 1. The summed E-state index contributed by atoms with van der Waals surface area (Å²) in [6.07, 6.45) is 0.983. The van der Waals surface area contributed by atoms with Crippen molar-refractivity contribution >= 4 is 5.78 Å². The van der Waals surface area contributed by atoms with Crippen LogP contribution >= 0.6 is 0 Å². The molecular formula is C18H20O3. The first-order chi connectivity index (χ1) is 10.2. The second-order valence-electron chi connectivity index (χ2n) is 5.08. The number of ketones is 1. The van der Waals surface area contributed by atoms with Crippen molar-refractivity contribution in [1.82, 2.24) is 0 Å². The summed E-state index contributed by atoms with van der Waals surface area (Å²) in [5, 5.41) is 18.8. The van der Waals surface area contributed by atoms with E-state index in [9.17, 15) is 9.90 Å². The molecule has 0 aromatic heterocycles. The van der Waals surface area contributed by atoms with E-state index in [0.29, 0.717) is 30.4 Å². The average molecular weight is 284 g/mol. The van der Waals surface area contributed by atoms with Crippen molar-refractivity contribution in [3.05, 3.63) is 71.3 Å². The molecule has 0 heterocycles. The van der Waals surface area contributed by atoms with Gasteiger partial charge in [-0.05, 0) is 24.8 Å². The van der Waals surface area contributed by atoms with E-state index >= 15 is 0 Å². The van der Waals surface area contributed by atoms with Crippen molar-refractivity contribution in [3.63, 3.8) is 0 Å². The number of hydrogen-bond acceptors (Lipinski definition) is 3. The molecule has 0 aliphatic rings. The Balaban J connectivity index is 2.19. The minimum Gasteiger partial charge on any atom is -0.396 e. The first kappa shape index (κ1) is 15.4. The molecule has 0 fully saturated rings. The van der Waals surface area contributed by atoms with Gasteiger partial charge in [-0.25, -0.2) is 0 Å². The molecule has 0 amide bonds. The predicted molar refractivity (Wildman–Crippen MR) is 82.3 cm³/mol. The van der Waals surface area contributed by atoms with Crippen LogP contribution in [-0.4, -0.2) is 28.7 Å². The molecule has 0 spiro atoms. The number of carbonyl (C=O) groups excluding carboxylic acids is 1. The van der Waals surface area contributed by atoms with Gasteiger partial charge >= 0.3 is 0 Å². The summed E-state index contributed by atoms with van der Waals surface area (Å²) in [6, 6.07) is 16.5. The largest absolute Gasteiger partial charge is 0.396 e. The highest BCUT2D eigenvalue weighted by Crippen LogP contribution is 2.17. The highest BCUT2D eigenvalue weighted by molar-refractivity contribution is 6.09. The Morgan fingerprint density at radius 2 is 1.67 bits per heavy atom. The van der Waals surface area contributed by atoms with Gasteiger partial charge in [0.05, 0.1) is 6.10 Å². The summed E-state index contributed by atoms with van der Waals surface area (Å²) < 4.78 is 0. The summed E-state index contributed by atoms with van der Waals surface area (Å²) in [5.74, 6) is -0.0273. The summed E-state index contributed by atoms with van der Waals surface area (Å²) in [4.78, 5) is 12.5. The summed E-state index contributed by atoms with van der Waals surface area (Å²) in [6.45, 7) is 0.0711. The fraction of sp³-hybridized carbons (Fsp3) is 0.278. The third-order valence-electron chi connectivity index (χ3n) is 3.45. The Morgan fingerprint density at radius 1 is 1.00 bits per heavy atom. The summed E-state index contributed by atoms with van der Waals surface area (Å²) in [7, 11) is 0. The monoisotopic (exact) mass is 284 g/mol. The van der Waals surface area contributed by atoms with Gasteiger partial charge in [-0.2, -0.15) is 0 Å². The Morgan fingerprint density at radius 3 is 2.38 bits per heavy atom. The molecule has 0 aliphatic heterocycles. The normalized spacial score (nSPS) is 12.1. The van der Waals surface area contributed by atoms with E-state index in [1.54, 1.807) is 18.2 Å². The first-order valence-electron chi connectivity index (χ1n) is 7.19. The zero-order valence-corrected chi connectivity index (χ0v) is 11.9. The predicted octanol–water partition coefficient (Wildman–Crippen LogP) is 2.59. The number of rotatable bonds is 7. The van der Waals surface area contributed by atoms with Crippen molar-refractivity contribution in [3.8, 4) is 0 Å². The molecule has 0 bridgehead atoms. The van der Waals surface area contributed by atoms with E-state index in [1.807, 2.05) is 36.4 Å². The summed E-state index contributed by atoms with van der Waals surface area (Å²) in [5.41, 5.74) is 2.12. The molecule has 3 heteroatoms. The zero-order chi connectivity index (χ0) is 15.1. The number of aliphatic hydroxyl groups excluding tert-OH is 2. The van der Waals surface area contributed by atoms with Crippen LogP contribution in [0.2, 0.25) is 0 Å². The van der Waals surface area contributed by atoms with E-state index in [4.69, 9.17) is 5.11 Å². The molecule has 21 heavy (non-hydrogen) atoms. The lowest BCUT2D eigenvalue weighted by Gasteiger charge is -2.13. The Kier molecular flexibility index (Phi) is 5.67. The lowest BCUT2D eigenvalue weighted by atomic mass is 9.94. The zero-order valence-electron chi connectivity index (χ0n) is 11.9. The maximum Gasteiger partial charge on any atom is 0.193 e. The van der Waals surface area contributed by atoms with Gasteiger partial charge in [0.1, 0.15) is 0 Å². The SMILES string of the molecule is O=C(c1ccccc1)c1ccccc1CC(O)CCCO. The van der Waals surface area contributed by atoms with Crippen LogP contribution in [0.3, 0.4) is 0 Å². The van der Waals surface area contributed by atoms with Gasteiger partial charge in [-0.15, -0.1) is 0 Å². The average Bonchev–Trinajstić information content (AvgIpc) is 2.53. The van der Waals surface area contributed by atoms with E-state index in [0.717, 1.165) is 5.56 Å². The lowest BCUT2D eigenvalue weighted by molar-refractivity contribution is 0.103.